The lowest BCUT2D eigenvalue weighted by Crippen LogP contribution is -2.27. The zero-order valence-corrected chi connectivity index (χ0v) is 30.0. The summed E-state index contributed by atoms with van der Waals surface area (Å²) >= 11 is 0. The quantitative estimate of drug-likeness (QED) is 0.173. The number of hydrogen-bond acceptors (Lipinski definition) is 0. The topological polar surface area (TPSA) is 4.93 Å². The maximum Gasteiger partial charge on any atom is 0.0544 e. The molecule has 6 aromatic carbocycles. The maximum absolute atomic E-state index is 4.66. The van der Waals surface area contributed by atoms with Gasteiger partial charge in [-0.1, -0.05) is 137 Å². The molecule has 0 amide bonds. The molecule has 1 heteroatoms. The molecule has 1 heterocycles. The highest BCUT2D eigenvalue weighted by molar-refractivity contribution is 6.11. The van der Waals surface area contributed by atoms with Gasteiger partial charge in [0.05, 0.1) is 11.0 Å². The first-order valence-corrected chi connectivity index (χ1v) is 18.9. The predicted molar refractivity (Wildman–Crippen MR) is 216 cm³/mol. The third kappa shape index (κ3) is 4.17. The van der Waals surface area contributed by atoms with E-state index in [0.717, 1.165) is 12.0 Å². The van der Waals surface area contributed by atoms with Crippen molar-refractivity contribution in [1.82, 2.24) is 4.57 Å². The van der Waals surface area contributed by atoms with Gasteiger partial charge in [0.2, 0.25) is 0 Å². The second kappa shape index (κ2) is 10.7. The summed E-state index contributed by atoms with van der Waals surface area (Å²) in [5, 5.41) is 2.65. The summed E-state index contributed by atoms with van der Waals surface area (Å²) in [4.78, 5) is 0. The first-order chi connectivity index (χ1) is 25.3. The molecule has 0 aliphatic heterocycles. The van der Waals surface area contributed by atoms with Crippen LogP contribution >= 0.6 is 0 Å². The molecule has 12 rings (SSSR count). The van der Waals surface area contributed by atoms with Crippen LogP contribution in [-0.2, 0) is 6.42 Å². The monoisotopic (exact) mass is 667 g/mol. The molecule has 5 aliphatic carbocycles. The van der Waals surface area contributed by atoms with Gasteiger partial charge in [0, 0.05) is 40.1 Å². The van der Waals surface area contributed by atoms with E-state index in [0.29, 0.717) is 0 Å². The standard InChI is InChI=1S/C51H41N/c1-30-13-5-6-15-34-33-14-7-8-16-35(33)48(30)43-25-41-42-26-44-45(50-38-19-11-9-17-36(38)49(44)37-18-10-12-20-39(37)50)28-47(42)52(46(41)27-40(34)43)32-23-21-31(22-24-32)29-51(2,3)4/h5-28,34,48-50H,1,29H2,2-4H3/b13-5-,15-6-. The summed E-state index contributed by atoms with van der Waals surface area (Å²) in [5.41, 5.74) is 20.8. The minimum atomic E-state index is 0.116. The Balaban J connectivity index is 1.23. The van der Waals surface area contributed by atoms with Crippen LogP contribution in [0.2, 0.25) is 0 Å². The molecule has 0 saturated carbocycles. The molecule has 0 saturated heterocycles. The van der Waals surface area contributed by atoms with Crippen molar-refractivity contribution in [3.05, 3.63) is 219 Å². The van der Waals surface area contributed by atoms with Crippen molar-refractivity contribution in [3.63, 3.8) is 0 Å². The van der Waals surface area contributed by atoms with Crippen LogP contribution in [0.1, 0.15) is 106 Å². The van der Waals surface area contributed by atoms with E-state index in [1.165, 1.54) is 88.7 Å². The molecule has 2 atom stereocenters. The predicted octanol–water partition coefficient (Wildman–Crippen LogP) is 12.6. The molecule has 5 aliphatic rings. The van der Waals surface area contributed by atoms with Crippen molar-refractivity contribution in [2.24, 2.45) is 5.41 Å². The molecule has 1 aromatic heterocycles. The van der Waals surface area contributed by atoms with Gasteiger partial charge in [0.1, 0.15) is 0 Å². The average molecular weight is 668 g/mol. The van der Waals surface area contributed by atoms with Gasteiger partial charge in [-0.05, 0) is 115 Å². The van der Waals surface area contributed by atoms with E-state index in [4.69, 9.17) is 0 Å². The van der Waals surface area contributed by atoms with Gasteiger partial charge in [0.15, 0.2) is 0 Å². The Bertz CT molecular complexity index is 2670. The number of aromatic nitrogens is 1. The first kappa shape index (κ1) is 30.0. The second-order valence-electron chi connectivity index (χ2n) is 16.7. The maximum atomic E-state index is 4.66. The van der Waals surface area contributed by atoms with Crippen LogP contribution in [-0.4, -0.2) is 4.57 Å². The van der Waals surface area contributed by atoms with Gasteiger partial charge in [0.25, 0.3) is 0 Å². The zero-order chi connectivity index (χ0) is 34.9. The molecule has 0 fully saturated rings. The van der Waals surface area contributed by atoms with Crippen LogP contribution in [0.5, 0.6) is 0 Å². The van der Waals surface area contributed by atoms with Gasteiger partial charge in [-0.25, -0.2) is 0 Å². The number of rotatable bonds is 2. The number of benzene rings is 6. The van der Waals surface area contributed by atoms with E-state index in [-0.39, 0.29) is 29.1 Å². The lowest BCUT2D eigenvalue weighted by molar-refractivity contribution is 0.411. The van der Waals surface area contributed by atoms with Gasteiger partial charge in [-0.15, -0.1) is 0 Å². The molecule has 0 spiro atoms. The second-order valence-corrected chi connectivity index (χ2v) is 16.7. The van der Waals surface area contributed by atoms with Crippen molar-refractivity contribution in [3.8, 4) is 5.69 Å². The molecule has 0 N–H and O–H groups in total. The SMILES string of the molecule is C=C1/C=C\C=C/C2c3ccccc3C1c1cc3c4cc5c(cc4n(-c4ccc(CC(C)(C)C)cc4)c3cc12)C1c2ccccc2C5c2ccccc21. The van der Waals surface area contributed by atoms with Crippen LogP contribution in [0.15, 0.2) is 158 Å². The fraction of sp³-hybridized carbons (Fsp3) is 0.176. The highest BCUT2D eigenvalue weighted by Gasteiger charge is 2.42. The molecular weight excluding hydrogens is 627 g/mol. The summed E-state index contributed by atoms with van der Waals surface area (Å²) in [6, 6.07) is 47.0. The van der Waals surface area contributed by atoms with Gasteiger partial charge in [-0.2, -0.15) is 0 Å². The Labute approximate surface area is 306 Å². The van der Waals surface area contributed by atoms with Gasteiger partial charge in [-0.3, -0.25) is 0 Å². The van der Waals surface area contributed by atoms with Crippen molar-refractivity contribution in [2.45, 2.75) is 50.9 Å². The number of allylic oxidation sites excluding steroid dienone is 5. The van der Waals surface area contributed by atoms with E-state index in [1.54, 1.807) is 0 Å². The molecule has 2 unspecified atom stereocenters. The third-order valence-electron chi connectivity index (χ3n) is 12.3. The Kier molecular flexibility index (Phi) is 6.17. The van der Waals surface area contributed by atoms with E-state index in [9.17, 15) is 0 Å². The normalized spacial score (nSPS) is 21.8. The lowest BCUT2D eigenvalue weighted by Gasteiger charge is -2.42. The minimum absolute atomic E-state index is 0.116. The van der Waals surface area contributed by atoms with E-state index in [2.05, 4.69) is 178 Å². The van der Waals surface area contributed by atoms with Crippen molar-refractivity contribution < 1.29 is 0 Å². The largest absolute Gasteiger partial charge is 0.309 e. The Morgan fingerprint density at radius 2 is 1.00 bits per heavy atom. The lowest BCUT2D eigenvalue weighted by atomic mass is 9.61. The van der Waals surface area contributed by atoms with Crippen molar-refractivity contribution in [2.75, 3.05) is 0 Å². The molecule has 52 heavy (non-hydrogen) atoms. The zero-order valence-electron chi connectivity index (χ0n) is 30.0. The molecule has 1 nitrogen and oxygen atoms in total. The molecule has 4 bridgehead atoms. The van der Waals surface area contributed by atoms with Crippen LogP contribution in [0.4, 0.5) is 0 Å². The highest BCUT2D eigenvalue weighted by atomic mass is 15.0. The number of hydrogen-bond donors (Lipinski definition) is 0. The van der Waals surface area contributed by atoms with Crippen LogP contribution < -0.4 is 0 Å². The Morgan fingerprint density at radius 3 is 1.56 bits per heavy atom. The third-order valence-corrected chi connectivity index (χ3v) is 12.3. The number of fused-ring (bicyclic) bond motifs is 6. The summed E-state index contributed by atoms with van der Waals surface area (Å²) in [6.45, 7) is 11.6. The molecular formula is C51H41N. The van der Waals surface area contributed by atoms with Crippen LogP contribution in [0, 0.1) is 5.41 Å². The van der Waals surface area contributed by atoms with Gasteiger partial charge >= 0.3 is 0 Å². The van der Waals surface area contributed by atoms with E-state index in [1.807, 2.05) is 0 Å². The Hall–Kier alpha value is -5.66. The minimum Gasteiger partial charge on any atom is -0.309 e. The van der Waals surface area contributed by atoms with E-state index < -0.39 is 0 Å². The fourth-order valence-electron chi connectivity index (χ4n) is 10.4. The molecule has 7 aromatic rings. The highest BCUT2D eigenvalue weighted by Crippen LogP contribution is 2.57. The first-order valence-electron chi connectivity index (χ1n) is 18.9. The Morgan fingerprint density at radius 1 is 0.519 bits per heavy atom. The van der Waals surface area contributed by atoms with E-state index >= 15 is 0 Å². The average Bonchev–Trinajstić information content (AvgIpc) is 3.50. The smallest absolute Gasteiger partial charge is 0.0544 e. The molecule has 250 valence electrons. The number of nitrogens with zero attached hydrogens (tertiary/aromatic N) is 1. The van der Waals surface area contributed by atoms with Crippen molar-refractivity contribution >= 4 is 21.8 Å². The summed E-state index contributed by atoms with van der Waals surface area (Å²) < 4.78 is 2.56. The van der Waals surface area contributed by atoms with Crippen molar-refractivity contribution in [1.29, 1.82) is 0 Å². The molecule has 0 radical (unpaired) electrons. The summed E-state index contributed by atoms with van der Waals surface area (Å²) in [5.74, 6) is 0.756. The van der Waals surface area contributed by atoms with Gasteiger partial charge < -0.3 is 4.57 Å². The van der Waals surface area contributed by atoms with Crippen LogP contribution in [0.3, 0.4) is 0 Å². The van der Waals surface area contributed by atoms with Crippen LogP contribution in [0.25, 0.3) is 27.5 Å². The summed E-state index contributed by atoms with van der Waals surface area (Å²) in [7, 11) is 0. The fourth-order valence-corrected chi connectivity index (χ4v) is 10.4. The summed E-state index contributed by atoms with van der Waals surface area (Å²) in [6.07, 6.45) is 10.0.